The topological polar surface area (TPSA) is 30.5 Å². The molecule has 2 aliphatic heterocycles. The first-order chi connectivity index (χ1) is 6.87. The summed E-state index contributed by atoms with van der Waals surface area (Å²) in [6.07, 6.45) is 4.83. The molecule has 0 aromatic rings. The average Bonchev–Trinajstić information content (AvgIpc) is 2.66. The molecule has 0 saturated carbocycles. The summed E-state index contributed by atoms with van der Waals surface area (Å²) >= 11 is 0. The van der Waals surface area contributed by atoms with Crippen molar-refractivity contribution >= 4 is 0 Å². The highest BCUT2D eigenvalue weighted by molar-refractivity contribution is 4.98. The standard InChI is InChI=1S/C11H21NO2/c1-2-3-4-10-11(5-7-13-9-11)14-8-6-12-10/h10,12H,2-9H2,1H3. The van der Waals surface area contributed by atoms with Crippen LogP contribution in [-0.4, -0.2) is 38.0 Å². The smallest absolute Gasteiger partial charge is 0.109 e. The van der Waals surface area contributed by atoms with Crippen LogP contribution in [0, 0.1) is 0 Å². The van der Waals surface area contributed by atoms with Crippen LogP contribution >= 0.6 is 0 Å². The monoisotopic (exact) mass is 199 g/mol. The van der Waals surface area contributed by atoms with Gasteiger partial charge in [0.2, 0.25) is 0 Å². The average molecular weight is 199 g/mol. The van der Waals surface area contributed by atoms with Gasteiger partial charge in [0.25, 0.3) is 0 Å². The molecule has 0 radical (unpaired) electrons. The van der Waals surface area contributed by atoms with Gasteiger partial charge in [0.15, 0.2) is 0 Å². The van der Waals surface area contributed by atoms with E-state index in [4.69, 9.17) is 9.47 Å². The van der Waals surface area contributed by atoms with Gasteiger partial charge in [-0.05, 0) is 6.42 Å². The Balaban J connectivity index is 1.95. The molecule has 14 heavy (non-hydrogen) atoms. The van der Waals surface area contributed by atoms with E-state index in [-0.39, 0.29) is 5.60 Å². The van der Waals surface area contributed by atoms with Crippen molar-refractivity contribution < 1.29 is 9.47 Å². The first-order valence-corrected chi connectivity index (χ1v) is 5.82. The second kappa shape index (κ2) is 4.60. The van der Waals surface area contributed by atoms with Crippen LogP contribution in [0.4, 0.5) is 0 Å². The minimum Gasteiger partial charge on any atom is -0.378 e. The van der Waals surface area contributed by atoms with Crippen LogP contribution in [0.15, 0.2) is 0 Å². The Morgan fingerprint density at radius 3 is 3.07 bits per heavy atom. The van der Waals surface area contributed by atoms with Gasteiger partial charge in [0, 0.05) is 25.6 Å². The van der Waals surface area contributed by atoms with Crippen molar-refractivity contribution in [2.75, 3.05) is 26.4 Å². The molecule has 2 atom stereocenters. The number of ether oxygens (including phenoxy) is 2. The zero-order valence-electron chi connectivity index (χ0n) is 9.05. The minimum atomic E-state index is 0.00736. The van der Waals surface area contributed by atoms with Crippen LogP contribution in [-0.2, 0) is 9.47 Å². The Morgan fingerprint density at radius 2 is 2.36 bits per heavy atom. The molecule has 1 N–H and O–H groups in total. The van der Waals surface area contributed by atoms with Crippen LogP contribution in [0.25, 0.3) is 0 Å². The minimum absolute atomic E-state index is 0.00736. The van der Waals surface area contributed by atoms with E-state index < -0.39 is 0 Å². The molecule has 2 rings (SSSR count). The van der Waals surface area contributed by atoms with Crippen molar-refractivity contribution in [2.24, 2.45) is 0 Å². The van der Waals surface area contributed by atoms with Crippen molar-refractivity contribution in [1.29, 1.82) is 0 Å². The highest BCUT2D eigenvalue weighted by atomic mass is 16.6. The van der Waals surface area contributed by atoms with Gasteiger partial charge in [-0.3, -0.25) is 0 Å². The SMILES string of the molecule is CCCCC1NCCOC12CCOC2. The van der Waals surface area contributed by atoms with Crippen molar-refractivity contribution in [3.8, 4) is 0 Å². The summed E-state index contributed by atoms with van der Waals surface area (Å²) in [7, 11) is 0. The molecule has 3 nitrogen and oxygen atoms in total. The van der Waals surface area contributed by atoms with E-state index in [0.717, 1.165) is 32.8 Å². The molecule has 0 aliphatic carbocycles. The Morgan fingerprint density at radius 1 is 1.43 bits per heavy atom. The summed E-state index contributed by atoms with van der Waals surface area (Å²) in [5.74, 6) is 0. The van der Waals surface area contributed by atoms with E-state index in [2.05, 4.69) is 12.2 Å². The lowest BCUT2D eigenvalue weighted by molar-refractivity contribution is -0.0993. The molecule has 82 valence electrons. The Bertz CT molecular complexity index is 178. The predicted molar refractivity (Wildman–Crippen MR) is 55.4 cm³/mol. The number of nitrogens with one attached hydrogen (secondary N) is 1. The van der Waals surface area contributed by atoms with E-state index in [0.29, 0.717) is 6.04 Å². The molecule has 0 aromatic heterocycles. The molecular formula is C11H21NO2. The van der Waals surface area contributed by atoms with Gasteiger partial charge >= 0.3 is 0 Å². The number of rotatable bonds is 3. The lowest BCUT2D eigenvalue weighted by Gasteiger charge is -2.41. The second-order valence-electron chi connectivity index (χ2n) is 4.36. The van der Waals surface area contributed by atoms with E-state index >= 15 is 0 Å². The predicted octanol–water partition coefficient (Wildman–Crippen LogP) is 1.32. The number of hydrogen-bond acceptors (Lipinski definition) is 3. The Kier molecular flexibility index (Phi) is 3.42. The zero-order valence-corrected chi connectivity index (χ0v) is 9.05. The third-order valence-electron chi connectivity index (χ3n) is 3.38. The maximum absolute atomic E-state index is 5.95. The molecule has 2 aliphatic rings. The number of hydrogen-bond donors (Lipinski definition) is 1. The summed E-state index contributed by atoms with van der Waals surface area (Å²) in [6, 6.07) is 0.513. The fourth-order valence-electron chi connectivity index (χ4n) is 2.50. The molecule has 0 bridgehead atoms. The normalized spacial score (nSPS) is 37.9. The van der Waals surface area contributed by atoms with E-state index in [1.807, 2.05) is 0 Å². The van der Waals surface area contributed by atoms with Crippen molar-refractivity contribution in [3.63, 3.8) is 0 Å². The highest BCUT2D eigenvalue weighted by Gasteiger charge is 2.44. The Hall–Kier alpha value is -0.120. The first-order valence-electron chi connectivity index (χ1n) is 5.82. The lowest BCUT2D eigenvalue weighted by atomic mass is 9.88. The maximum atomic E-state index is 5.95. The third-order valence-corrected chi connectivity index (χ3v) is 3.38. The van der Waals surface area contributed by atoms with Crippen molar-refractivity contribution in [3.05, 3.63) is 0 Å². The van der Waals surface area contributed by atoms with Crippen molar-refractivity contribution in [2.45, 2.75) is 44.2 Å². The largest absolute Gasteiger partial charge is 0.378 e. The van der Waals surface area contributed by atoms with Gasteiger partial charge in [-0.2, -0.15) is 0 Å². The molecular weight excluding hydrogens is 178 g/mol. The summed E-state index contributed by atoms with van der Waals surface area (Å²) < 4.78 is 11.4. The lowest BCUT2D eigenvalue weighted by Crippen LogP contribution is -2.58. The summed E-state index contributed by atoms with van der Waals surface area (Å²) in [5.41, 5.74) is 0.00736. The van der Waals surface area contributed by atoms with Crippen LogP contribution in [0.1, 0.15) is 32.6 Å². The summed E-state index contributed by atoms with van der Waals surface area (Å²) in [6.45, 7) is 5.72. The van der Waals surface area contributed by atoms with Crippen LogP contribution in [0.3, 0.4) is 0 Å². The van der Waals surface area contributed by atoms with Gasteiger partial charge < -0.3 is 14.8 Å². The van der Waals surface area contributed by atoms with Crippen LogP contribution in [0.5, 0.6) is 0 Å². The zero-order chi connectivity index (χ0) is 9.86. The van der Waals surface area contributed by atoms with Crippen molar-refractivity contribution in [1.82, 2.24) is 5.32 Å². The van der Waals surface area contributed by atoms with Gasteiger partial charge in [0.05, 0.1) is 13.2 Å². The van der Waals surface area contributed by atoms with Gasteiger partial charge in [-0.15, -0.1) is 0 Å². The molecule has 2 heterocycles. The van der Waals surface area contributed by atoms with Crippen LogP contribution < -0.4 is 5.32 Å². The molecule has 1 spiro atoms. The molecule has 3 heteroatoms. The fourth-order valence-corrected chi connectivity index (χ4v) is 2.50. The summed E-state index contributed by atoms with van der Waals surface area (Å²) in [5, 5.41) is 3.58. The van der Waals surface area contributed by atoms with E-state index in [1.165, 1.54) is 19.3 Å². The van der Waals surface area contributed by atoms with E-state index in [9.17, 15) is 0 Å². The molecule has 2 saturated heterocycles. The summed E-state index contributed by atoms with van der Waals surface area (Å²) in [4.78, 5) is 0. The third kappa shape index (κ3) is 1.95. The van der Waals surface area contributed by atoms with Crippen LogP contribution in [0.2, 0.25) is 0 Å². The van der Waals surface area contributed by atoms with Gasteiger partial charge in [-0.25, -0.2) is 0 Å². The first kappa shape index (κ1) is 10.4. The maximum Gasteiger partial charge on any atom is 0.109 e. The van der Waals surface area contributed by atoms with Gasteiger partial charge in [0.1, 0.15) is 5.60 Å². The molecule has 0 aromatic carbocycles. The fraction of sp³-hybridized carbons (Fsp3) is 1.00. The number of morpholine rings is 1. The quantitative estimate of drug-likeness (QED) is 0.743. The second-order valence-corrected chi connectivity index (χ2v) is 4.36. The number of unbranched alkanes of at least 4 members (excludes halogenated alkanes) is 1. The Labute approximate surface area is 86.2 Å². The molecule has 2 unspecified atom stereocenters. The van der Waals surface area contributed by atoms with Gasteiger partial charge in [-0.1, -0.05) is 19.8 Å². The molecule has 0 amide bonds. The molecule has 2 fully saturated rings. The van der Waals surface area contributed by atoms with E-state index in [1.54, 1.807) is 0 Å². The highest BCUT2D eigenvalue weighted by Crippen LogP contribution is 2.31.